The zero-order chi connectivity index (χ0) is 13.7. The highest BCUT2D eigenvalue weighted by Gasteiger charge is 2.15. The quantitative estimate of drug-likeness (QED) is 0.877. The molecule has 0 aliphatic heterocycles. The minimum atomic E-state index is 0.232. The second-order valence-electron chi connectivity index (χ2n) is 4.15. The molecule has 0 radical (unpaired) electrons. The van der Waals surface area contributed by atoms with Gasteiger partial charge in [-0.1, -0.05) is 6.92 Å². The lowest BCUT2D eigenvalue weighted by molar-refractivity contribution is 0.395. The summed E-state index contributed by atoms with van der Waals surface area (Å²) in [6.45, 7) is 5.02. The van der Waals surface area contributed by atoms with Gasteiger partial charge in [0.1, 0.15) is 6.33 Å². The van der Waals surface area contributed by atoms with Crippen molar-refractivity contribution in [3.8, 4) is 5.88 Å². The Kier molecular flexibility index (Phi) is 4.81. The third kappa shape index (κ3) is 3.71. The summed E-state index contributed by atoms with van der Waals surface area (Å²) in [7, 11) is 1.61. The number of nitrogens with zero attached hydrogens (tertiary/aromatic N) is 3. The van der Waals surface area contributed by atoms with Gasteiger partial charge in [-0.05, 0) is 13.5 Å². The summed E-state index contributed by atoms with van der Waals surface area (Å²) >= 11 is 1.72. The smallest absolute Gasteiger partial charge is 0.216 e. The highest BCUT2D eigenvalue weighted by Crippen LogP contribution is 2.23. The van der Waals surface area contributed by atoms with Gasteiger partial charge in [-0.25, -0.2) is 15.0 Å². The van der Waals surface area contributed by atoms with E-state index in [-0.39, 0.29) is 6.04 Å². The number of likely N-dealkylation sites (N-methyl/N-ethyl adjacent to an activating group) is 1. The van der Waals surface area contributed by atoms with Crippen LogP contribution in [-0.2, 0) is 6.42 Å². The molecule has 1 atom stereocenters. The summed E-state index contributed by atoms with van der Waals surface area (Å²) in [5.41, 5.74) is 0.962. The van der Waals surface area contributed by atoms with Crippen LogP contribution in [0.4, 0.5) is 0 Å². The van der Waals surface area contributed by atoms with Crippen molar-refractivity contribution in [3.63, 3.8) is 0 Å². The maximum absolute atomic E-state index is 5.12. The number of ether oxygens (including phenoxy) is 1. The Bertz CT molecular complexity index is 529. The van der Waals surface area contributed by atoms with E-state index in [1.54, 1.807) is 18.4 Å². The van der Waals surface area contributed by atoms with Crippen molar-refractivity contribution >= 4 is 11.3 Å². The molecule has 0 saturated carbocycles. The van der Waals surface area contributed by atoms with Gasteiger partial charge >= 0.3 is 0 Å². The summed E-state index contributed by atoms with van der Waals surface area (Å²) in [6.07, 6.45) is 4.27. The first-order valence-electron chi connectivity index (χ1n) is 6.23. The van der Waals surface area contributed by atoms with Gasteiger partial charge in [0.05, 0.1) is 12.1 Å². The van der Waals surface area contributed by atoms with Gasteiger partial charge < -0.3 is 10.1 Å². The Labute approximate surface area is 117 Å². The van der Waals surface area contributed by atoms with Gasteiger partial charge in [-0.15, -0.1) is 11.3 Å². The van der Waals surface area contributed by atoms with Crippen molar-refractivity contribution in [2.24, 2.45) is 0 Å². The molecule has 1 N–H and O–H groups in total. The molecule has 19 heavy (non-hydrogen) atoms. The Morgan fingerprint density at radius 1 is 1.37 bits per heavy atom. The standard InChI is InChI=1S/C13H18N4OS/c1-4-14-11(12-7-15-9(2)19-12)5-10-6-13(18-3)17-8-16-10/h6-8,11,14H,4-5H2,1-3H3. The first-order valence-corrected chi connectivity index (χ1v) is 7.05. The molecule has 0 aliphatic rings. The summed E-state index contributed by atoms with van der Waals surface area (Å²) in [5, 5.41) is 4.55. The third-order valence-corrected chi connectivity index (χ3v) is 3.78. The predicted molar refractivity (Wildman–Crippen MR) is 75.6 cm³/mol. The molecule has 0 saturated heterocycles. The molecule has 102 valence electrons. The van der Waals surface area contributed by atoms with E-state index in [1.165, 1.54) is 11.2 Å². The van der Waals surface area contributed by atoms with Crippen LogP contribution in [0.3, 0.4) is 0 Å². The molecule has 0 spiro atoms. The van der Waals surface area contributed by atoms with Crippen LogP contribution in [0.15, 0.2) is 18.6 Å². The molecule has 2 rings (SSSR count). The summed E-state index contributed by atoms with van der Waals surface area (Å²) < 4.78 is 5.12. The largest absolute Gasteiger partial charge is 0.481 e. The predicted octanol–water partition coefficient (Wildman–Crippen LogP) is 2.14. The van der Waals surface area contributed by atoms with Crippen LogP contribution in [0.25, 0.3) is 0 Å². The molecule has 0 bridgehead atoms. The fourth-order valence-electron chi connectivity index (χ4n) is 1.87. The van der Waals surface area contributed by atoms with E-state index in [0.717, 1.165) is 23.7 Å². The lowest BCUT2D eigenvalue weighted by Crippen LogP contribution is -2.22. The zero-order valence-electron chi connectivity index (χ0n) is 11.4. The van der Waals surface area contributed by atoms with Gasteiger partial charge in [-0.3, -0.25) is 0 Å². The second-order valence-corrected chi connectivity index (χ2v) is 5.41. The summed E-state index contributed by atoms with van der Waals surface area (Å²) in [6, 6.07) is 2.11. The van der Waals surface area contributed by atoms with E-state index in [4.69, 9.17) is 4.74 Å². The molecule has 0 aliphatic carbocycles. The zero-order valence-corrected chi connectivity index (χ0v) is 12.2. The van der Waals surface area contributed by atoms with Crippen LogP contribution in [-0.4, -0.2) is 28.6 Å². The van der Waals surface area contributed by atoms with Gasteiger partial charge in [0.15, 0.2) is 0 Å². The number of aromatic nitrogens is 3. The molecular weight excluding hydrogens is 260 g/mol. The summed E-state index contributed by atoms with van der Waals surface area (Å²) in [5.74, 6) is 0.598. The van der Waals surface area contributed by atoms with Gasteiger partial charge in [-0.2, -0.15) is 0 Å². The molecular formula is C13H18N4OS. The first-order chi connectivity index (χ1) is 9.22. The molecule has 0 aromatic carbocycles. The maximum Gasteiger partial charge on any atom is 0.216 e. The lowest BCUT2D eigenvalue weighted by Gasteiger charge is -2.15. The number of thiazole rings is 1. The monoisotopic (exact) mass is 278 g/mol. The van der Waals surface area contributed by atoms with Crippen LogP contribution >= 0.6 is 11.3 Å². The van der Waals surface area contributed by atoms with Crippen LogP contribution in [0, 0.1) is 6.92 Å². The Morgan fingerprint density at radius 3 is 2.84 bits per heavy atom. The first kappa shape index (κ1) is 13.9. The lowest BCUT2D eigenvalue weighted by atomic mass is 10.1. The highest BCUT2D eigenvalue weighted by atomic mass is 32.1. The average Bonchev–Trinajstić information content (AvgIpc) is 2.85. The fourth-order valence-corrected chi connectivity index (χ4v) is 2.73. The van der Waals surface area contributed by atoms with E-state index in [0.29, 0.717) is 5.88 Å². The third-order valence-electron chi connectivity index (χ3n) is 2.75. The molecule has 2 aromatic rings. The number of aryl methyl sites for hydroxylation is 1. The SMILES string of the molecule is CCNC(Cc1cc(OC)ncn1)c1cnc(C)s1. The van der Waals surface area contributed by atoms with E-state index < -0.39 is 0 Å². The number of hydrogen-bond acceptors (Lipinski definition) is 6. The second kappa shape index (κ2) is 6.58. The van der Waals surface area contributed by atoms with E-state index in [2.05, 4.69) is 27.2 Å². The minimum Gasteiger partial charge on any atom is -0.481 e. The van der Waals surface area contributed by atoms with Gasteiger partial charge in [0, 0.05) is 35.3 Å². The molecule has 0 amide bonds. The van der Waals surface area contributed by atoms with Crippen molar-refractivity contribution in [3.05, 3.63) is 34.2 Å². The number of methoxy groups -OCH3 is 1. The van der Waals surface area contributed by atoms with Gasteiger partial charge in [0.2, 0.25) is 5.88 Å². The van der Waals surface area contributed by atoms with Crippen molar-refractivity contribution in [1.29, 1.82) is 0 Å². The molecule has 5 nitrogen and oxygen atoms in total. The number of hydrogen-bond donors (Lipinski definition) is 1. The van der Waals surface area contributed by atoms with Crippen molar-refractivity contribution in [2.45, 2.75) is 26.3 Å². The minimum absolute atomic E-state index is 0.232. The number of nitrogens with one attached hydrogen (secondary N) is 1. The van der Waals surface area contributed by atoms with Crippen molar-refractivity contribution < 1.29 is 4.74 Å². The molecule has 1 unspecified atom stereocenters. The van der Waals surface area contributed by atoms with Crippen molar-refractivity contribution in [2.75, 3.05) is 13.7 Å². The Morgan fingerprint density at radius 2 is 2.21 bits per heavy atom. The Balaban J connectivity index is 2.16. The fraction of sp³-hybridized carbons (Fsp3) is 0.462. The highest BCUT2D eigenvalue weighted by molar-refractivity contribution is 7.11. The average molecular weight is 278 g/mol. The van der Waals surface area contributed by atoms with E-state index in [9.17, 15) is 0 Å². The molecule has 2 aromatic heterocycles. The van der Waals surface area contributed by atoms with E-state index >= 15 is 0 Å². The van der Waals surface area contributed by atoms with Crippen LogP contribution in [0.5, 0.6) is 5.88 Å². The topological polar surface area (TPSA) is 59.9 Å². The molecule has 0 fully saturated rings. The molecule has 2 heterocycles. The van der Waals surface area contributed by atoms with Crippen LogP contribution in [0.1, 0.15) is 28.5 Å². The van der Waals surface area contributed by atoms with Crippen LogP contribution in [0.2, 0.25) is 0 Å². The Hall–Kier alpha value is -1.53. The van der Waals surface area contributed by atoms with E-state index in [1.807, 2.05) is 19.2 Å². The molecule has 6 heteroatoms. The van der Waals surface area contributed by atoms with Crippen molar-refractivity contribution in [1.82, 2.24) is 20.3 Å². The van der Waals surface area contributed by atoms with Crippen LogP contribution < -0.4 is 10.1 Å². The van der Waals surface area contributed by atoms with Gasteiger partial charge in [0.25, 0.3) is 0 Å². The maximum atomic E-state index is 5.12. The number of rotatable bonds is 6. The summed E-state index contributed by atoms with van der Waals surface area (Å²) in [4.78, 5) is 13.9. The normalized spacial score (nSPS) is 12.4.